The summed E-state index contributed by atoms with van der Waals surface area (Å²) in [4.78, 5) is 43.0. The minimum atomic E-state index is -0.452. The van der Waals surface area contributed by atoms with E-state index in [1.54, 1.807) is 42.0 Å². The molecule has 234 valence electrons. The van der Waals surface area contributed by atoms with Gasteiger partial charge >= 0.3 is 12.1 Å². The molecule has 4 N–H and O–H groups in total. The van der Waals surface area contributed by atoms with Crippen molar-refractivity contribution in [1.29, 1.82) is 0 Å². The number of amides is 5. The zero-order chi connectivity index (χ0) is 31.2. The third kappa shape index (κ3) is 7.24. The maximum atomic E-state index is 13.8. The molecule has 1 fully saturated rings. The first-order valence-corrected chi connectivity index (χ1v) is 15.5. The van der Waals surface area contributed by atoms with Crippen molar-refractivity contribution in [2.24, 2.45) is 5.92 Å². The summed E-state index contributed by atoms with van der Waals surface area (Å²) in [5, 5.41) is 20.9. The summed E-state index contributed by atoms with van der Waals surface area (Å²) in [6, 6.07) is 17.8. The Morgan fingerprint density at radius 1 is 1.05 bits per heavy atom. The predicted molar refractivity (Wildman–Crippen MR) is 172 cm³/mol. The van der Waals surface area contributed by atoms with E-state index in [0.29, 0.717) is 23.5 Å². The number of nitrogens with zero attached hydrogens (tertiary/aromatic N) is 2. The van der Waals surface area contributed by atoms with Crippen LogP contribution in [0.3, 0.4) is 0 Å². The van der Waals surface area contributed by atoms with Gasteiger partial charge in [-0.25, -0.2) is 9.59 Å². The van der Waals surface area contributed by atoms with Gasteiger partial charge in [0.05, 0.1) is 30.4 Å². The van der Waals surface area contributed by atoms with Crippen molar-refractivity contribution in [3.8, 4) is 5.75 Å². The lowest BCUT2D eigenvalue weighted by Gasteiger charge is -2.38. The first kappa shape index (κ1) is 31.1. The second-order valence-corrected chi connectivity index (χ2v) is 12.1. The van der Waals surface area contributed by atoms with Crippen LogP contribution < -0.4 is 20.7 Å². The summed E-state index contributed by atoms with van der Waals surface area (Å²) in [6.45, 7) is 4.15. The first-order valence-electron chi connectivity index (χ1n) is 15.5. The molecule has 0 saturated heterocycles. The van der Waals surface area contributed by atoms with Crippen LogP contribution in [0, 0.1) is 5.92 Å². The molecule has 0 radical (unpaired) electrons. The topological polar surface area (TPSA) is 123 Å². The molecular weight excluding hydrogens is 558 g/mol. The van der Waals surface area contributed by atoms with Crippen molar-refractivity contribution in [1.82, 2.24) is 15.1 Å². The number of likely N-dealkylation sites (N-methyl/N-ethyl adjacent to an activating group) is 1. The Labute approximate surface area is 258 Å². The molecule has 3 atom stereocenters. The van der Waals surface area contributed by atoms with Gasteiger partial charge in [0.15, 0.2) is 0 Å². The average Bonchev–Trinajstić information content (AvgIpc) is 3.03. The van der Waals surface area contributed by atoms with Gasteiger partial charge in [0.2, 0.25) is 0 Å². The lowest BCUT2D eigenvalue weighted by atomic mass is 9.96. The van der Waals surface area contributed by atoms with Gasteiger partial charge in [0.25, 0.3) is 5.91 Å². The molecule has 0 spiro atoms. The van der Waals surface area contributed by atoms with Crippen molar-refractivity contribution in [2.45, 2.75) is 64.1 Å². The molecule has 1 heterocycles. The number of benzene rings is 3. The Bertz CT molecular complexity index is 1480. The molecule has 3 aromatic carbocycles. The molecule has 1 aliphatic carbocycles. The quantitative estimate of drug-likeness (QED) is 0.278. The highest BCUT2D eigenvalue weighted by molar-refractivity contribution is 6.02. The number of hydrogen-bond donors (Lipinski definition) is 4. The van der Waals surface area contributed by atoms with Crippen LogP contribution in [0.4, 0.5) is 21.0 Å². The number of urea groups is 2. The zero-order valence-corrected chi connectivity index (χ0v) is 25.7. The van der Waals surface area contributed by atoms with Gasteiger partial charge in [0.1, 0.15) is 11.9 Å². The van der Waals surface area contributed by atoms with E-state index in [4.69, 9.17) is 4.74 Å². The van der Waals surface area contributed by atoms with Crippen LogP contribution in [0.5, 0.6) is 5.75 Å². The van der Waals surface area contributed by atoms with Gasteiger partial charge in [-0.2, -0.15) is 0 Å². The summed E-state index contributed by atoms with van der Waals surface area (Å²) in [5.41, 5.74) is 1.49. The molecule has 2 aliphatic rings. The van der Waals surface area contributed by atoms with Gasteiger partial charge in [-0.3, -0.25) is 4.79 Å². The van der Waals surface area contributed by atoms with E-state index >= 15 is 0 Å². The van der Waals surface area contributed by atoms with Crippen LogP contribution in [-0.4, -0.2) is 77.8 Å². The number of aliphatic hydroxyl groups excluding tert-OH is 1. The Morgan fingerprint density at radius 3 is 2.57 bits per heavy atom. The smallest absolute Gasteiger partial charge is 0.321 e. The fourth-order valence-corrected chi connectivity index (χ4v) is 6.02. The minimum Gasteiger partial charge on any atom is -0.487 e. The van der Waals surface area contributed by atoms with Crippen molar-refractivity contribution in [3.05, 3.63) is 66.2 Å². The second-order valence-electron chi connectivity index (χ2n) is 12.1. The maximum Gasteiger partial charge on any atom is 0.321 e. The number of anilines is 2. The van der Waals surface area contributed by atoms with Crippen LogP contribution in [0.1, 0.15) is 56.3 Å². The lowest BCUT2D eigenvalue weighted by molar-refractivity contribution is 0.0371. The van der Waals surface area contributed by atoms with Gasteiger partial charge < -0.3 is 35.6 Å². The van der Waals surface area contributed by atoms with E-state index in [9.17, 15) is 19.5 Å². The van der Waals surface area contributed by atoms with E-state index in [1.165, 1.54) is 6.42 Å². The van der Waals surface area contributed by atoms with E-state index in [-0.39, 0.29) is 43.1 Å². The molecule has 3 aromatic rings. The molecule has 10 nitrogen and oxygen atoms in total. The fraction of sp³-hybridized carbons (Fsp3) is 0.441. The molecule has 0 bridgehead atoms. The normalized spacial score (nSPS) is 19.6. The van der Waals surface area contributed by atoms with Gasteiger partial charge in [-0.05, 0) is 49.4 Å². The number of nitrogens with one attached hydrogen (secondary N) is 3. The summed E-state index contributed by atoms with van der Waals surface area (Å²) < 4.78 is 6.44. The summed E-state index contributed by atoms with van der Waals surface area (Å²) in [7, 11) is 1.72. The third-order valence-electron chi connectivity index (χ3n) is 8.69. The summed E-state index contributed by atoms with van der Waals surface area (Å²) in [5.74, 6) is -0.0824. The molecule has 44 heavy (non-hydrogen) atoms. The van der Waals surface area contributed by atoms with Gasteiger partial charge in [-0.1, -0.05) is 62.6 Å². The highest BCUT2D eigenvalue weighted by Crippen LogP contribution is 2.31. The number of carbonyl (C=O) groups is 3. The molecule has 5 rings (SSSR count). The lowest BCUT2D eigenvalue weighted by Crippen LogP contribution is -2.50. The van der Waals surface area contributed by atoms with Crippen LogP contribution in [-0.2, 0) is 0 Å². The number of hydrogen-bond acceptors (Lipinski definition) is 5. The molecule has 10 heteroatoms. The van der Waals surface area contributed by atoms with E-state index in [0.717, 1.165) is 42.1 Å². The van der Waals surface area contributed by atoms with E-state index in [2.05, 4.69) is 16.0 Å². The number of rotatable bonds is 7. The zero-order valence-electron chi connectivity index (χ0n) is 25.7. The summed E-state index contributed by atoms with van der Waals surface area (Å²) >= 11 is 0. The Balaban J connectivity index is 1.34. The maximum absolute atomic E-state index is 13.8. The number of fused-ring (bicyclic) bond motifs is 2. The molecule has 1 saturated carbocycles. The van der Waals surface area contributed by atoms with Crippen molar-refractivity contribution in [2.75, 3.05) is 37.4 Å². The van der Waals surface area contributed by atoms with Gasteiger partial charge in [0, 0.05) is 36.6 Å². The van der Waals surface area contributed by atoms with Gasteiger partial charge in [-0.15, -0.1) is 0 Å². The van der Waals surface area contributed by atoms with Crippen LogP contribution in [0.15, 0.2) is 60.7 Å². The standard InChI is InChI=1S/C34H43N5O5/c1-22-19-39(23(2)21-40)32(41)28-18-26(36-33(42)35-25-12-5-4-6-13-25)16-17-30(28)44-31(22)20-38(3)34(43)37-29-15-9-11-24-10-7-8-14-27(24)29/h7-11,14-18,22-23,25,31,40H,4-6,12-13,19-21H2,1-3H3,(H,37,43)(H2,35,36,42)/t22-,23-,31+/m0/s1. The number of aliphatic hydroxyl groups is 1. The Kier molecular flexibility index (Phi) is 9.89. The molecule has 1 aliphatic heterocycles. The Morgan fingerprint density at radius 2 is 1.80 bits per heavy atom. The predicted octanol–water partition coefficient (Wildman–Crippen LogP) is 5.68. The molecular formula is C34H43N5O5. The van der Waals surface area contributed by atoms with Crippen molar-refractivity contribution >= 4 is 40.1 Å². The molecule has 5 amide bonds. The largest absolute Gasteiger partial charge is 0.487 e. The number of carbonyl (C=O) groups excluding carboxylic acids is 3. The molecule has 0 aromatic heterocycles. The second kappa shape index (κ2) is 14.0. The highest BCUT2D eigenvalue weighted by atomic mass is 16.5. The fourth-order valence-electron chi connectivity index (χ4n) is 6.02. The SMILES string of the molecule is C[C@H]1CN([C@@H](C)CO)C(=O)c2cc(NC(=O)NC3CCCCC3)ccc2O[C@@H]1CN(C)C(=O)Nc1cccc2ccccc12. The first-order chi connectivity index (χ1) is 21.2. The Hall–Kier alpha value is -4.31. The van der Waals surface area contributed by atoms with Crippen molar-refractivity contribution in [3.63, 3.8) is 0 Å². The van der Waals surface area contributed by atoms with Crippen molar-refractivity contribution < 1.29 is 24.2 Å². The summed E-state index contributed by atoms with van der Waals surface area (Å²) in [6.07, 6.45) is 4.88. The minimum absolute atomic E-state index is 0.149. The van der Waals surface area contributed by atoms with Crippen LogP contribution in [0.2, 0.25) is 0 Å². The molecule has 0 unspecified atom stereocenters. The van der Waals surface area contributed by atoms with Crippen LogP contribution >= 0.6 is 0 Å². The average molecular weight is 602 g/mol. The van der Waals surface area contributed by atoms with E-state index in [1.807, 2.05) is 49.4 Å². The number of ether oxygens (including phenoxy) is 1. The monoisotopic (exact) mass is 601 g/mol. The third-order valence-corrected chi connectivity index (χ3v) is 8.69. The van der Waals surface area contributed by atoms with E-state index < -0.39 is 12.1 Å². The van der Waals surface area contributed by atoms with Crippen LogP contribution in [0.25, 0.3) is 10.8 Å². The highest BCUT2D eigenvalue weighted by Gasteiger charge is 2.34.